The molecule has 80 valence electrons. The van der Waals surface area contributed by atoms with Crippen molar-refractivity contribution in [2.45, 2.75) is 0 Å². The Kier molecular flexibility index (Phi) is 5.58. The van der Waals surface area contributed by atoms with Gasteiger partial charge in [-0.3, -0.25) is 9.11 Å². The highest BCUT2D eigenvalue weighted by Crippen LogP contribution is 2.13. The Balaban J connectivity index is 3.50. The van der Waals surface area contributed by atoms with Gasteiger partial charge in [-0.2, -0.15) is 16.8 Å². The lowest BCUT2D eigenvalue weighted by Gasteiger charge is -1.98. The average Bonchev–Trinajstić information content (AvgIpc) is 1.81. The Bertz CT molecular complexity index is 292. The summed E-state index contributed by atoms with van der Waals surface area (Å²) in [5, 5.41) is 0. The fraction of sp³-hybridized carbons (Fsp3) is 1.00. The molecule has 0 aliphatic carbocycles. The summed E-state index contributed by atoms with van der Waals surface area (Å²) in [5.74, 6) is -0.831. The summed E-state index contributed by atoms with van der Waals surface area (Å²) in [6.07, 6.45) is 0. The average molecular weight is 270 g/mol. The van der Waals surface area contributed by atoms with Crippen LogP contribution in [0.3, 0.4) is 0 Å². The first-order valence-electron chi connectivity index (χ1n) is 2.52. The van der Waals surface area contributed by atoms with Gasteiger partial charge in [0.25, 0.3) is 0 Å². The van der Waals surface area contributed by atoms with Crippen LogP contribution in [0.2, 0.25) is 0 Å². The molecule has 0 aliphatic rings. The summed E-state index contributed by atoms with van der Waals surface area (Å²) < 4.78 is 61.0. The number of rotatable bonds is 6. The Morgan fingerprint density at radius 3 is 1.46 bits per heavy atom. The fourth-order valence-corrected chi connectivity index (χ4v) is 2.01. The molecule has 0 saturated carbocycles. The van der Waals surface area contributed by atoms with E-state index >= 15 is 0 Å². The van der Waals surface area contributed by atoms with E-state index in [1.165, 1.54) is 0 Å². The molecule has 0 rings (SSSR count). The molecule has 0 aromatic carbocycles. The topological polar surface area (TPSA) is 118 Å². The third-order valence-electron chi connectivity index (χ3n) is 0.561. The van der Waals surface area contributed by atoms with Crippen LogP contribution in [0.5, 0.6) is 0 Å². The van der Waals surface area contributed by atoms with Crippen molar-refractivity contribution in [2.75, 3.05) is 11.9 Å². The second-order valence-corrected chi connectivity index (χ2v) is 8.13. The molecule has 0 aromatic rings. The van der Waals surface area contributed by atoms with Gasteiger partial charge >= 0.3 is 18.3 Å². The molecule has 11 heteroatoms. The lowest BCUT2D eigenvalue weighted by molar-refractivity contribution is 0.242. The zero-order valence-electron chi connectivity index (χ0n) is 5.98. The molecule has 0 heterocycles. The zero-order valence-corrected chi connectivity index (χ0v) is 9.25. The molecular formula is C2H6O7S4. The predicted octanol–water partition coefficient (Wildman–Crippen LogP) is -0.01000. The van der Waals surface area contributed by atoms with Gasteiger partial charge in [0.15, 0.2) is 0 Å². The van der Waals surface area contributed by atoms with Crippen molar-refractivity contribution in [3.8, 4) is 0 Å². The summed E-state index contributed by atoms with van der Waals surface area (Å²) in [6, 6.07) is 0. The molecule has 0 radical (unpaired) electrons. The van der Waals surface area contributed by atoms with E-state index in [9.17, 15) is 16.8 Å². The minimum atomic E-state index is -4.17. The van der Waals surface area contributed by atoms with Gasteiger partial charge in [0, 0.05) is 21.6 Å². The van der Waals surface area contributed by atoms with Gasteiger partial charge in [0.05, 0.1) is 0 Å². The van der Waals surface area contributed by atoms with Crippen molar-refractivity contribution in [3.63, 3.8) is 0 Å². The number of hydrogen-bond donors (Lipinski definition) is 2. The summed E-state index contributed by atoms with van der Waals surface area (Å²) >= 11 is 0. The Morgan fingerprint density at radius 2 is 1.23 bits per heavy atom. The van der Waals surface area contributed by atoms with Gasteiger partial charge in [-0.05, 0) is 0 Å². The van der Waals surface area contributed by atoms with Gasteiger partial charge in [0.1, 0.15) is 11.9 Å². The SMILES string of the molecule is O=S(=O)(O)SCOCSS(=O)(=O)O. The molecule has 2 N–H and O–H groups in total. The monoisotopic (exact) mass is 270 g/mol. The van der Waals surface area contributed by atoms with Gasteiger partial charge in [-0.1, -0.05) is 0 Å². The van der Waals surface area contributed by atoms with Crippen molar-refractivity contribution < 1.29 is 30.7 Å². The van der Waals surface area contributed by atoms with Crippen LogP contribution >= 0.6 is 21.6 Å². The maximum atomic E-state index is 10.1. The first-order chi connectivity index (χ1) is 5.71. The van der Waals surface area contributed by atoms with Gasteiger partial charge < -0.3 is 4.74 Å². The highest BCUT2D eigenvalue weighted by molar-refractivity contribution is 8.70. The Labute approximate surface area is 82.5 Å². The van der Waals surface area contributed by atoms with Gasteiger partial charge in [0.2, 0.25) is 0 Å². The van der Waals surface area contributed by atoms with Crippen LogP contribution in [0.1, 0.15) is 0 Å². The van der Waals surface area contributed by atoms with Crippen molar-refractivity contribution in [2.24, 2.45) is 0 Å². The second kappa shape index (κ2) is 5.38. The van der Waals surface area contributed by atoms with Crippen LogP contribution in [0.4, 0.5) is 0 Å². The van der Waals surface area contributed by atoms with Crippen molar-refractivity contribution in [1.82, 2.24) is 0 Å². The molecule has 0 bridgehead atoms. The van der Waals surface area contributed by atoms with Crippen molar-refractivity contribution >= 4 is 39.9 Å². The molecular weight excluding hydrogens is 264 g/mol. The molecule has 0 unspecified atom stereocenters. The van der Waals surface area contributed by atoms with Crippen molar-refractivity contribution in [1.29, 1.82) is 0 Å². The lowest BCUT2D eigenvalue weighted by Crippen LogP contribution is -1.98. The van der Waals surface area contributed by atoms with E-state index in [2.05, 4.69) is 4.74 Å². The first kappa shape index (κ1) is 13.5. The molecule has 0 spiro atoms. The number of ether oxygens (including phenoxy) is 1. The fourth-order valence-electron chi connectivity index (χ4n) is 0.224. The highest BCUT2D eigenvalue weighted by atomic mass is 33.2. The standard InChI is InChI=1S/C2H6O7S4/c3-12(4,5)10-1-9-2-11-13(6,7)8/h1-2H2,(H,3,4,5)(H,6,7,8). The third-order valence-corrected chi connectivity index (χ3v) is 4.05. The largest absolute Gasteiger partial charge is 0.358 e. The summed E-state index contributed by atoms with van der Waals surface area (Å²) in [7, 11) is -8.14. The van der Waals surface area contributed by atoms with E-state index in [0.29, 0.717) is 0 Å². The van der Waals surface area contributed by atoms with Gasteiger partial charge in [-0.15, -0.1) is 0 Å². The summed E-state index contributed by atoms with van der Waals surface area (Å²) in [6.45, 7) is 0. The van der Waals surface area contributed by atoms with E-state index in [4.69, 9.17) is 9.11 Å². The van der Waals surface area contributed by atoms with E-state index in [-0.39, 0.29) is 21.6 Å². The van der Waals surface area contributed by atoms with E-state index < -0.39 is 30.2 Å². The van der Waals surface area contributed by atoms with Crippen LogP contribution in [0.25, 0.3) is 0 Å². The van der Waals surface area contributed by atoms with Crippen LogP contribution in [0.15, 0.2) is 0 Å². The summed E-state index contributed by atoms with van der Waals surface area (Å²) in [4.78, 5) is 0. The lowest BCUT2D eigenvalue weighted by atomic mass is 11.5. The maximum Gasteiger partial charge on any atom is 0.321 e. The van der Waals surface area contributed by atoms with E-state index in [0.717, 1.165) is 0 Å². The zero-order chi connectivity index (χ0) is 10.5. The quantitative estimate of drug-likeness (QED) is 0.297. The molecule has 13 heavy (non-hydrogen) atoms. The predicted molar refractivity (Wildman–Crippen MR) is 49.1 cm³/mol. The van der Waals surface area contributed by atoms with Crippen molar-refractivity contribution in [3.05, 3.63) is 0 Å². The highest BCUT2D eigenvalue weighted by Gasteiger charge is 2.07. The molecule has 0 amide bonds. The van der Waals surface area contributed by atoms with Crippen LogP contribution in [-0.4, -0.2) is 37.8 Å². The molecule has 0 aromatic heterocycles. The van der Waals surface area contributed by atoms with Crippen LogP contribution < -0.4 is 0 Å². The molecule has 0 saturated heterocycles. The first-order valence-corrected chi connectivity index (χ1v) is 8.40. The minimum Gasteiger partial charge on any atom is -0.358 e. The third kappa shape index (κ3) is 12.5. The van der Waals surface area contributed by atoms with Crippen LogP contribution in [0, 0.1) is 0 Å². The maximum absolute atomic E-state index is 10.1. The number of hydrogen-bond acceptors (Lipinski definition) is 7. The molecule has 0 atom stereocenters. The minimum absolute atomic E-state index is 0.0999. The van der Waals surface area contributed by atoms with E-state index in [1.54, 1.807) is 0 Å². The molecule has 0 fully saturated rings. The van der Waals surface area contributed by atoms with Crippen LogP contribution in [-0.2, 0) is 23.0 Å². The Morgan fingerprint density at radius 1 is 0.923 bits per heavy atom. The van der Waals surface area contributed by atoms with E-state index in [1.807, 2.05) is 0 Å². The van der Waals surface area contributed by atoms with Gasteiger partial charge in [-0.25, -0.2) is 0 Å². The second-order valence-electron chi connectivity index (χ2n) is 1.53. The summed E-state index contributed by atoms with van der Waals surface area (Å²) in [5.41, 5.74) is 0. The smallest absolute Gasteiger partial charge is 0.321 e. The normalized spacial score (nSPS) is 13.1. The Hall–Kier alpha value is 0.480. The molecule has 7 nitrogen and oxygen atoms in total. The molecule has 0 aliphatic heterocycles.